The molecule has 0 saturated carbocycles. The van der Waals surface area contributed by atoms with Crippen LogP contribution >= 0.6 is 0 Å². The van der Waals surface area contributed by atoms with Crippen LogP contribution in [0.25, 0.3) is 0 Å². The van der Waals surface area contributed by atoms with Gasteiger partial charge < -0.3 is 44.6 Å². The summed E-state index contributed by atoms with van der Waals surface area (Å²) in [4.78, 5) is 0. The Hall–Kier alpha value is 0.880. The van der Waals surface area contributed by atoms with Crippen LogP contribution in [-0.2, 0) is 0 Å². The van der Waals surface area contributed by atoms with Gasteiger partial charge in [-0.15, -0.1) is 0 Å². The normalized spacial score (nSPS) is 32.6. The van der Waals surface area contributed by atoms with Crippen molar-refractivity contribution in [2.75, 3.05) is 13.1 Å². The Bertz CT molecular complexity index is 116. The van der Waals surface area contributed by atoms with Gasteiger partial charge in [-0.2, -0.15) is 0 Å². The first-order chi connectivity index (χ1) is 5.97. The summed E-state index contributed by atoms with van der Waals surface area (Å²) in [7, 11) is 0. The summed E-state index contributed by atoms with van der Waals surface area (Å²) < 4.78 is 0. The van der Waals surface area contributed by atoms with Crippen LogP contribution in [0, 0.1) is 0 Å². The summed E-state index contributed by atoms with van der Waals surface area (Å²) in [5, 5.41) is 5.19. The van der Waals surface area contributed by atoms with Gasteiger partial charge in [0.2, 0.25) is 0 Å². The van der Waals surface area contributed by atoms with Crippen LogP contribution in [0.3, 0.4) is 0 Å². The topological polar surface area (TPSA) is 33.2 Å². The Morgan fingerprint density at radius 1 is 0.643 bits per heavy atom. The minimum atomic E-state index is 0. The lowest BCUT2D eigenvalue weighted by atomic mass is 9.92. The molecule has 0 aromatic carbocycles. The van der Waals surface area contributed by atoms with Crippen LogP contribution in [0.15, 0.2) is 0 Å². The fourth-order valence-corrected chi connectivity index (χ4v) is 2.73. The first-order valence-corrected chi connectivity index (χ1v) is 5.63. The number of hydrogen-bond donors (Lipinski definition) is 2. The summed E-state index contributed by atoms with van der Waals surface area (Å²) in [5.41, 5.74) is 0. The average molecular weight is 330 g/mol. The number of quaternary nitrogens is 2. The lowest BCUT2D eigenvalue weighted by Crippen LogP contribution is -3.04. The molecule has 2 nitrogen and oxygen atoms in total. The standard InChI is InChI=1S/C10H20N2.2BrH/c1-3-7-11-9(5-1)10-6-2-4-8-12-10;;/h9-12H,1-8H2;2*1H/t9-,10-;;/m1../s1. The van der Waals surface area contributed by atoms with Crippen molar-refractivity contribution in [3.8, 4) is 0 Å². The molecule has 0 unspecified atom stereocenters. The predicted molar refractivity (Wildman–Crippen MR) is 48.9 cm³/mol. The molecule has 2 aliphatic rings. The molecule has 0 aromatic heterocycles. The van der Waals surface area contributed by atoms with Crippen molar-refractivity contribution in [1.82, 2.24) is 0 Å². The van der Waals surface area contributed by atoms with Gasteiger partial charge in [0.05, 0.1) is 13.1 Å². The molecular formula is C10H22Br2N2. The molecule has 0 aromatic rings. The van der Waals surface area contributed by atoms with E-state index in [0.29, 0.717) is 0 Å². The van der Waals surface area contributed by atoms with Crippen molar-refractivity contribution < 1.29 is 44.6 Å². The summed E-state index contributed by atoms with van der Waals surface area (Å²) >= 11 is 0. The minimum absolute atomic E-state index is 0. The van der Waals surface area contributed by atoms with E-state index in [1.807, 2.05) is 0 Å². The van der Waals surface area contributed by atoms with E-state index in [-0.39, 0.29) is 34.0 Å². The molecular weight excluding hydrogens is 308 g/mol. The highest BCUT2D eigenvalue weighted by atomic mass is 79.9. The maximum Gasteiger partial charge on any atom is 0.138 e. The Balaban J connectivity index is 0.000000845. The highest BCUT2D eigenvalue weighted by Crippen LogP contribution is 2.09. The Morgan fingerprint density at radius 2 is 1.07 bits per heavy atom. The zero-order valence-corrected chi connectivity index (χ0v) is 11.9. The molecule has 0 amide bonds. The largest absolute Gasteiger partial charge is 1.00 e. The SMILES string of the molecule is C1CC[C@H]([C@H]2CCCC[NH2+]2)[NH2+]C1.[Br-].[Br-]. The second-order valence-corrected chi connectivity index (χ2v) is 4.37. The summed E-state index contributed by atoms with van der Waals surface area (Å²) in [6.45, 7) is 2.77. The van der Waals surface area contributed by atoms with E-state index in [1.165, 1.54) is 51.6 Å². The smallest absolute Gasteiger partial charge is 0.138 e. The molecule has 0 spiro atoms. The molecule has 0 radical (unpaired) electrons. The van der Waals surface area contributed by atoms with E-state index in [2.05, 4.69) is 10.6 Å². The molecule has 2 saturated heterocycles. The van der Waals surface area contributed by atoms with Gasteiger partial charge in [-0.1, -0.05) is 0 Å². The van der Waals surface area contributed by atoms with Gasteiger partial charge >= 0.3 is 0 Å². The van der Waals surface area contributed by atoms with E-state index < -0.39 is 0 Å². The lowest BCUT2D eigenvalue weighted by molar-refractivity contribution is -0.782. The van der Waals surface area contributed by atoms with Crippen LogP contribution in [0.4, 0.5) is 0 Å². The summed E-state index contributed by atoms with van der Waals surface area (Å²) in [6.07, 6.45) is 8.80. The third kappa shape index (κ3) is 4.17. The number of halogens is 2. The second kappa shape index (κ2) is 8.08. The molecule has 0 bridgehead atoms. The van der Waals surface area contributed by atoms with Crippen LogP contribution < -0.4 is 44.6 Å². The van der Waals surface area contributed by atoms with Gasteiger partial charge in [0.15, 0.2) is 0 Å². The van der Waals surface area contributed by atoms with Crippen LogP contribution in [0.1, 0.15) is 38.5 Å². The lowest BCUT2D eigenvalue weighted by Gasteiger charge is -2.29. The maximum atomic E-state index is 2.59. The van der Waals surface area contributed by atoms with Crippen LogP contribution in [-0.4, -0.2) is 25.2 Å². The van der Waals surface area contributed by atoms with Crippen molar-refractivity contribution in [3.63, 3.8) is 0 Å². The van der Waals surface area contributed by atoms with Crippen LogP contribution in [0.5, 0.6) is 0 Å². The number of hydrogen-bond acceptors (Lipinski definition) is 0. The van der Waals surface area contributed by atoms with E-state index in [9.17, 15) is 0 Å². The summed E-state index contributed by atoms with van der Waals surface area (Å²) in [6, 6.07) is 1.91. The van der Waals surface area contributed by atoms with Gasteiger partial charge in [-0.3, -0.25) is 0 Å². The molecule has 2 rings (SSSR count). The van der Waals surface area contributed by atoms with E-state index in [4.69, 9.17) is 0 Å². The quantitative estimate of drug-likeness (QED) is 0.479. The van der Waals surface area contributed by atoms with E-state index >= 15 is 0 Å². The Kier molecular flexibility index (Phi) is 8.59. The molecule has 4 N–H and O–H groups in total. The third-order valence-electron chi connectivity index (χ3n) is 3.47. The highest BCUT2D eigenvalue weighted by Gasteiger charge is 2.30. The second-order valence-electron chi connectivity index (χ2n) is 4.37. The average Bonchev–Trinajstić information content (AvgIpc) is 2.21. The first kappa shape index (κ1) is 14.9. The molecule has 86 valence electrons. The van der Waals surface area contributed by atoms with Crippen molar-refractivity contribution in [3.05, 3.63) is 0 Å². The third-order valence-corrected chi connectivity index (χ3v) is 3.47. The molecule has 2 fully saturated rings. The summed E-state index contributed by atoms with van der Waals surface area (Å²) in [5.74, 6) is 0. The molecule has 2 aliphatic heterocycles. The first-order valence-electron chi connectivity index (χ1n) is 5.63. The maximum absolute atomic E-state index is 2.59. The fourth-order valence-electron chi connectivity index (χ4n) is 2.73. The molecule has 2 heterocycles. The molecule has 4 heteroatoms. The molecule has 2 atom stereocenters. The van der Waals surface area contributed by atoms with Crippen molar-refractivity contribution in [2.24, 2.45) is 0 Å². The Morgan fingerprint density at radius 3 is 1.36 bits per heavy atom. The van der Waals surface area contributed by atoms with Crippen LogP contribution in [0.2, 0.25) is 0 Å². The molecule has 14 heavy (non-hydrogen) atoms. The zero-order chi connectivity index (χ0) is 8.23. The minimum Gasteiger partial charge on any atom is -1.00 e. The fraction of sp³-hybridized carbons (Fsp3) is 1.00. The monoisotopic (exact) mass is 328 g/mol. The van der Waals surface area contributed by atoms with Crippen molar-refractivity contribution in [1.29, 1.82) is 0 Å². The number of nitrogens with two attached hydrogens (primary N) is 2. The zero-order valence-electron chi connectivity index (χ0n) is 8.72. The number of piperidine rings is 2. The van der Waals surface area contributed by atoms with Crippen molar-refractivity contribution >= 4 is 0 Å². The highest BCUT2D eigenvalue weighted by molar-refractivity contribution is 4.70. The van der Waals surface area contributed by atoms with Gasteiger partial charge in [0, 0.05) is 12.8 Å². The van der Waals surface area contributed by atoms with Gasteiger partial charge in [-0.05, 0) is 25.7 Å². The van der Waals surface area contributed by atoms with Gasteiger partial charge in [-0.25, -0.2) is 0 Å². The predicted octanol–water partition coefficient (Wildman–Crippen LogP) is -6.77. The molecule has 0 aliphatic carbocycles. The Labute approximate surface area is 108 Å². The van der Waals surface area contributed by atoms with E-state index in [1.54, 1.807) is 0 Å². The van der Waals surface area contributed by atoms with Crippen molar-refractivity contribution in [2.45, 2.75) is 50.6 Å². The van der Waals surface area contributed by atoms with Gasteiger partial charge in [0.25, 0.3) is 0 Å². The van der Waals surface area contributed by atoms with E-state index in [0.717, 1.165) is 12.1 Å². The van der Waals surface area contributed by atoms with Gasteiger partial charge in [0.1, 0.15) is 12.1 Å². The number of rotatable bonds is 1.